The Morgan fingerprint density at radius 3 is 2.62 bits per heavy atom. The maximum absolute atomic E-state index is 12.4. The number of hydrogen-bond acceptors (Lipinski definition) is 4. The van der Waals surface area contributed by atoms with Gasteiger partial charge in [0, 0.05) is 23.2 Å². The molecule has 6 nitrogen and oxygen atoms in total. The van der Waals surface area contributed by atoms with E-state index in [0.29, 0.717) is 21.7 Å². The largest absolute Gasteiger partial charge is 0.360 e. The van der Waals surface area contributed by atoms with Crippen molar-refractivity contribution in [1.82, 2.24) is 10.1 Å². The number of H-pyrrole nitrogens is 1. The second-order valence-electron chi connectivity index (χ2n) is 4.39. The summed E-state index contributed by atoms with van der Waals surface area (Å²) in [4.78, 5) is 2.90. The van der Waals surface area contributed by atoms with Crippen molar-refractivity contribution in [2.24, 2.45) is 0 Å². The van der Waals surface area contributed by atoms with Gasteiger partial charge in [-0.25, -0.2) is 8.42 Å². The first-order valence-corrected chi connectivity index (χ1v) is 8.03. The number of aryl methyl sites for hydroxylation is 1. The molecule has 0 saturated carbocycles. The highest BCUT2D eigenvalue weighted by atomic mass is 35.5. The van der Waals surface area contributed by atoms with Crippen molar-refractivity contribution < 1.29 is 12.9 Å². The molecule has 0 amide bonds. The van der Waals surface area contributed by atoms with Gasteiger partial charge in [-0.1, -0.05) is 28.4 Å². The number of aromatic nitrogens is 2. The standard InChI is InChI=1S/C12H9Cl2N3O3S/c1-6-2-12(16-20-6)17-21(18,19)11-5-15-10-4-9(14)8(13)3-7(10)11/h2-5,15H,1H3,(H,16,17). The molecule has 0 unspecified atom stereocenters. The van der Waals surface area contributed by atoms with Gasteiger partial charge in [0.15, 0.2) is 5.82 Å². The van der Waals surface area contributed by atoms with E-state index in [9.17, 15) is 8.42 Å². The van der Waals surface area contributed by atoms with E-state index in [4.69, 9.17) is 27.7 Å². The van der Waals surface area contributed by atoms with Gasteiger partial charge in [0.05, 0.1) is 10.0 Å². The van der Waals surface area contributed by atoms with Crippen LogP contribution in [0.25, 0.3) is 10.9 Å². The van der Waals surface area contributed by atoms with E-state index in [0.717, 1.165) is 0 Å². The topological polar surface area (TPSA) is 88.0 Å². The first kappa shape index (κ1) is 14.2. The third-order valence-electron chi connectivity index (χ3n) is 2.84. The Morgan fingerprint density at radius 2 is 1.95 bits per heavy atom. The van der Waals surface area contributed by atoms with Crippen LogP contribution in [0.4, 0.5) is 5.82 Å². The van der Waals surface area contributed by atoms with Gasteiger partial charge in [-0.05, 0) is 19.1 Å². The van der Waals surface area contributed by atoms with Gasteiger partial charge in [-0.15, -0.1) is 0 Å². The fourth-order valence-corrected chi connectivity index (χ4v) is 3.40. The highest BCUT2D eigenvalue weighted by Gasteiger charge is 2.21. The average Bonchev–Trinajstić information content (AvgIpc) is 2.96. The predicted molar refractivity (Wildman–Crippen MR) is 80.4 cm³/mol. The van der Waals surface area contributed by atoms with E-state index in [1.807, 2.05) is 0 Å². The molecule has 0 aliphatic heterocycles. The van der Waals surface area contributed by atoms with Crippen molar-refractivity contribution in [1.29, 1.82) is 0 Å². The molecule has 110 valence electrons. The van der Waals surface area contributed by atoms with Crippen LogP contribution in [0.2, 0.25) is 10.0 Å². The van der Waals surface area contributed by atoms with Crippen molar-refractivity contribution in [3.8, 4) is 0 Å². The summed E-state index contributed by atoms with van der Waals surface area (Å²) in [6.07, 6.45) is 1.37. The molecule has 0 spiro atoms. The van der Waals surface area contributed by atoms with E-state index in [1.54, 1.807) is 13.0 Å². The Balaban J connectivity index is 2.08. The average molecular weight is 346 g/mol. The molecule has 0 aliphatic rings. The van der Waals surface area contributed by atoms with Crippen LogP contribution in [0.15, 0.2) is 33.8 Å². The zero-order valence-corrected chi connectivity index (χ0v) is 13.0. The van der Waals surface area contributed by atoms with Gasteiger partial charge in [0.2, 0.25) is 0 Å². The van der Waals surface area contributed by atoms with Crippen LogP contribution in [0.3, 0.4) is 0 Å². The van der Waals surface area contributed by atoms with Crippen LogP contribution in [-0.4, -0.2) is 18.6 Å². The zero-order valence-electron chi connectivity index (χ0n) is 10.6. The third kappa shape index (κ3) is 2.59. The molecule has 0 saturated heterocycles. The quantitative estimate of drug-likeness (QED) is 0.759. The molecule has 2 N–H and O–H groups in total. The molecule has 0 radical (unpaired) electrons. The van der Waals surface area contributed by atoms with Crippen LogP contribution in [-0.2, 0) is 10.0 Å². The number of sulfonamides is 1. The Hall–Kier alpha value is -1.70. The number of hydrogen-bond donors (Lipinski definition) is 2. The third-order valence-corrected chi connectivity index (χ3v) is 4.96. The lowest BCUT2D eigenvalue weighted by Gasteiger charge is -2.04. The van der Waals surface area contributed by atoms with Crippen molar-refractivity contribution >= 4 is 49.9 Å². The lowest BCUT2D eigenvalue weighted by atomic mass is 10.2. The zero-order chi connectivity index (χ0) is 15.2. The lowest BCUT2D eigenvalue weighted by molar-refractivity contribution is 0.400. The minimum Gasteiger partial charge on any atom is -0.360 e. The predicted octanol–water partition coefficient (Wildman–Crippen LogP) is 3.57. The fraction of sp³-hybridized carbons (Fsp3) is 0.0833. The van der Waals surface area contributed by atoms with E-state index in [2.05, 4.69) is 14.9 Å². The number of benzene rings is 1. The van der Waals surface area contributed by atoms with Crippen molar-refractivity contribution in [2.75, 3.05) is 4.72 Å². The van der Waals surface area contributed by atoms with Gasteiger partial charge in [0.1, 0.15) is 10.7 Å². The molecule has 2 aromatic heterocycles. The Kier molecular flexibility index (Phi) is 3.35. The molecule has 21 heavy (non-hydrogen) atoms. The molecule has 0 aliphatic carbocycles. The van der Waals surface area contributed by atoms with E-state index in [1.165, 1.54) is 18.3 Å². The van der Waals surface area contributed by atoms with Crippen LogP contribution in [0, 0.1) is 6.92 Å². The van der Waals surface area contributed by atoms with Gasteiger partial charge >= 0.3 is 0 Å². The normalized spacial score (nSPS) is 12.0. The summed E-state index contributed by atoms with van der Waals surface area (Å²) in [7, 11) is -3.82. The fourth-order valence-electron chi connectivity index (χ4n) is 1.92. The molecule has 3 aromatic rings. The molecule has 1 aromatic carbocycles. The molecule has 9 heteroatoms. The number of nitrogens with zero attached hydrogens (tertiary/aromatic N) is 1. The van der Waals surface area contributed by atoms with Crippen molar-refractivity contribution in [2.45, 2.75) is 11.8 Å². The first-order valence-electron chi connectivity index (χ1n) is 5.79. The summed E-state index contributed by atoms with van der Waals surface area (Å²) in [5.41, 5.74) is 0.570. The minimum absolute atomic E-state index is 0.0525. The van der Waals surface area contributed by atoms with Gasteiger partial charge < -0.3 is 9.51 Å². The lowest BCUT2D eigenvalue weighted by Crippen LogP contribution is -2.12. The molecule has 3 rings (SSSR count). The minimum atomic E-state index is -3.82. The van der Waals surface area contributed by atoms with Crippen LogP contribution in [0.5, 0.6) is 0 Å². The number of aromatic amines is 1. The summed E-state index contributed by atoms with van der Waals surface area (Å²) in [6, 6.07) is 4.55. The van der Waals surface area contributed by atoms with Crippen molar-refractivity contribution in [3.05, 3.63) is 40.2 Å². The molecule has 0 fully saturated rings. The Bertz CT molecular complexity index is 931. The number of rotatable bonds is 3. The summed E-state index contributed by atoms with van der Waals surface area (Å²) in [6.45, 7) is 1.66. The molecule has 2 heterocycles. The molecular weight excluding hydrogens is 337 g/mol. The summed E-state index contributed by atoms with van der Waals surface area (Å²) in [5, 5.41) is 4.66. The molecule has 0 bridgehead atoms. The van der Waals surface area contributed by atoms with E-state index in [-0.39, 0.29) is 15.7 Å². The second-order valence-corrected chi connectivity index (χ2v) is 6.86. The highest BCUT2D eigenvalue weighted by molar-refractivity contribution is 7.93. The monoisotopic (exact) mass is 345 g/mol. The van der Waals surface area contributed by atoms with E-state index >= 15 is 0 Å². The van der Waals surface area contributed by atoms with Gasteiger partial charge in [0.25, 0.3) is 10.0 Å². The van der Waals surface area contributed by atoms with Crippen LogP contribution >= 0.6 is 23.2 Å². The van der Waals surface area contributed by atoms with E-state index < -0.39 is 10.0 Å². The second kappa shape index (κ2) is 4.94. The number of nitrogens with one attached hydrogen (secondary N) is 2. The van der Waals surface area contributed by atoms with Crippen LogP contribution < -0.4 is 4.72 Å². The molecule has 0 atom stereocenters. The smallest absolute Gasteiger partial charge is 0.265 e. The highest BCUT2D eigenvalue weighted by Crippen LogP contribution is 2.31. The Labute approximate surface area is 130 Å². The number of anilines is 1. The van der Waals surface area contributed by atoms with Crippen molar-refractivity contribution in [3.63, 3.8) is 0 Å². The SMILES string of the molecule is Cc1cc(NS(=O)(=O)c2c[nH]c3cc(Cl)c(Cl)cc23)no1. The summed E-state index contributed by atoms with van der Waals surface area (Å²) >= 11 is 11.8. The van der Waals surface area contributed by atoms with Crippen LogP contribution in [0.1, 0.15) is 5.76 Å². The number of fused-ring (bicyclic) bond motifs is 1. The maximum Gasteiger partial charge on any atom is 0.265 e. The summed E-state index contributed by atoms with van der Waals surface area (Å²) < 4.78 is 32.0. The van der Waals surface area contributed by atoms with Gasteiger partial charge in [-0.3, -0.25) is 4.72 Å². The number of halogens is 2. The summed E-state index contributed by atoms with van der Waals surface area (Å²) in [5.74, 6) is 0.614. The molecular formula is C12H9Cl2N3O3S. The Morgan fingerprint density at radius 1 is 1.24 bits per heavy atom. The first-order chi connectivity index (χ1) is 9.87. The van der Waals surface area contributed by atoms with Gasteiger partial charge in [-0.2, -0.15) is 0 Å². The maximum atomic E-state index is 12.4.